The Balaban J connectivity index is 3.16. The first-order valence-corrected chi connectivity index (χ1v) is 5.51. The number of hydrogen-bond acceptors (Lipinski definition) is 3. The minimum Gasteiger partial charge on any atom is -0.495 e. The third-order valence-corrected chi connectivity index (χ3v) is 2.82. The van der Waals surface area contributed by atoms with E-state index < -0.39 is 5.97 Å². The van der Waals surface area contributed by atoms with Crippen LogP contribution in [0.3, 0.4) is 0 Å². The summed E-state index contributed by atoms with van der Waals surface area (Å²) in [7, 11) is 1.49. The van der Waals surface area contributed by atoms with Gasteiger partial charge in [-0.15, -0.1) is 11.8 Å². The quantitative estimate of drug-likeness (QED) is 0.802. The minimum atomic E-state index is -0.960. The Morgan fingerprint density at radius 1 is 1.47 bits per heavy atom. The maximum Gasteiger partial charge on any atom is 0.339 e. The van der Waals surface area contributed by atoms with Gasteiger partial charge in [0.2, 0.25) is 0 Å². The molecule has 82 valence electrons. The molecule has 1 aromatic carbocycles. The Labute approximate surface area is 93.4 Å². The van der Waals surface area contributed by atoms with E-state index in [1.165, 1.54) is 7.11 Å². The average Bonchev–Trinajstić information content (AvgIpc) is 2.16. The number of hydrogen-bond donors (Lipinski definition) is 1. The molecule has 0 unspecified atom stereocenters. The zero-order valence-electron chi connectivity index (χ0n) is 8.98. The summed E-state index contributed by atoms with van der Waals surface area (Å²) in [5, 5.41) is 9.36. The summed E-state index contributed by atoms with van der Waals surface area (Å²) >= 11 is 1.59. The molecule has 0 amide bonds. The van der Waals surface area contributed by atoms with E-state index >= 15 is 0 Å². The fourth-order valence-corrected chi connectivity index (χ4v) is 2.21. The van der Waals surface area contributed by atoms with E-state index in [1.54, 1.807) is 23.9 Å². The first kappa shape index (κ1) is 11.9. The Morgan fingerprint density at radius 2 is 2.13 bits per heavy atom. The molecule has 15 heavy (non-hydrogen) atoms. The van der Waals surface area contributed by atoms with Crippen LogP contribution in [0, 0.1) is 0 Å². The van der Waals surface area contributed by atoms with Gasteiger partial charge in [0.25, 0.3) is 0 Å². The van der Waals surface area contributed by atoms with Gasteiger partial charge in [-0.25, -0.2) is 4.79 Å². The smallest absolute Gasteiger partial charge is 0.339 e. The lowest BCUT2D eigenvalue weighted by Crippen LogP contribution is -2.02. The Hall–Kier alpha value is -1.16. The third-order valence-electron chi connectivity index (χ3n) is 1.78. The zero-order valence-corrected chi connectivity index (χ0v) is 9.80. The van der Waals surface area contributed by atoms with Gasteiger partial charge >= 0.3 is 5.97 Å². The maximum atomic E-state index is 10.9. The van der Waals surface area contributed by atoms with Crippen molar-refractivity contribution in [3.63, 3.8) is 0 Å². The van der Waals surface area contributed by atoms with Gasteiger partial charge in [-0.1, -0.05) is 19.9 Å². The highest BCUT2D eigenvalue weighted by molar-refractivity contribution is 8.00. The van der Waals surface area contributed by atoms with Gasteiger partial charge < -0.3 is 9.84 Å². The van der Waals surface area contributed by atoms with Crippen LogP contribution in [-0.4, -0.2) is 23.4 Å². The van der Waals surface area contributed by atoms with Crippen molar-refractivity contribution in [1.82, 2.24) is 0 Å². The highest BCUT2D eigenvalue weighted by Gasteiger charge is 2.15. The number of para-hydroxylation sites is 1. The predicted molar refractivity (Wildman–Crippen MR) is 60.9 cm³/mol. The molecule has 0 aliphatic heterocycles. The molecule has 0 spiro atoms. The summed E-state index contributed by atoms with van der Waals surface area (Å²) in [4.78, 5) is 11.8. The molecule has 0 bridgehead atoms. The minimum absolute atomic E-state index is 0.211. The molecule has 1 aromatic rings. The van der Waals surface area contributed by atoms with E-state index in [-0.39, 0.29) is 5.56 Å². The van der Waals surface area contributed by atoms with Gasteiger partial charge in [0.05, 0.1) is 12.0 Å². The summed E-state index contributed by atoms with van der Waals surface area (Å²) in [6.45, 7) is 4.11. The summed E-state index contributed by atoms with van der Waals surface area (Å²) in [6.07, 6.45) is 0. The van der Waals surface area contributed by atoms with Crippen molar-refractivity contribution in [2.75, 3.05) is 7.11 Å². The molecule has 1 rings (SSSR count). The second-order valence-electron chi connectivity index (χ2n) is 3.31. The Kier molecular flexibility index (Phi) is 4.03. The fraction of sp³-hybridized carbons (Fsp3) is 0.364. The number of benzene rings is 1. The predicted octanol–water partition coefficient (Wildman–Crippen LogP) is 2.89. The van der Waals surface area contributed by atoms with E-state index in [0.29, 0.717) is 11.0 Å². The Bertz CT molecular complexity index is 361. The molecule has 0 saturated carbocycles. The van der Waals surface area contributed by atoms with Gasteiger partial charge in [0.1, 0.15) is 11.3 Å². The van der Waals surface area contributed by atoms with Crippen molar-refractivity contribution in [2.24, 2.45) is 0 Å². The standard InChI is InChI=1S/C11H14O3S/c1-7(2)15-9-6-4-5-8(11(12)13)10(9)14-3/h4-7H,1-3H3,(H,12,13). The van der Waals surface area contributed by atoms with Gasteiger partial charge in [0.15, 0.2) is 0 Å². The molecule has 0 radical (unpaired) electrons. The van der Waals surface area contributed by atoms with Crippen LogP contribution in [0.5, 0.6) is 5.75 Å². The van der Waals surface area contributed by atoms with Crippen molar-refractivity contribution >= 4 is 17.7 Å². The van der Waals surface area contributed by atoms with Crippen LogP contribution in [0.2, 0.25) is 0 Å². The van der Waals surface area contributed by atoms with Crippen molar-refractivity contribution in [3.05, 3.63) is 23.8 Å². The largest absolute Gasteiger partial charge is 0.495 e. The van der Waals surface area contributed by atoms with Crippen LogP contribution in [-0.2, 0) is 0 Å². The van der Waals surface area contributed by atoms with Gasteiger partial charge in [-0.3, -0.25) is 0 Å². The number of carbonyl (C=O) groups is 1. The number of rotatable bonds is 4. The number of methoxy groups -OCH3 is 1. The molecule has 4 heteroatoms. The van der Waals surface area contributed by atoms with E-state index in [1.807, 2.05) is 6.07 Å². The maximum absolute atomic E-state index is 10.9. The summed E-state index contributed by atoms with van der Waals surface area (Å²) in [5.74, 6) is -0.512. The third kappa shape index (κ3) is 2.89. The highest BCUT2D eigenvalue weighted by atomic mass is 32.2. The number of ether oxygens (including phenoxy) is 1. The molecular weight excluding hydrogens is 212 g/mol. The molecule has 0 heterocycles. The SMILES string of the molecule is COc1c(SC(C)C)cccc1C(=O)O. The molecule has 0 aromatic heterocycles. The van der Waals surface area contributed by atoms with E-state index in [4.69, 9.17) is 9.84 Å². The zero-order chi connectivity index (χ0) is 11.4. The summed E-state index contributed by atoms with van der Waals surface area (Å²) in [6, 6.07) is 5.15. The van der Waals surface area contributed by atoms with Crippen LogP contribution in [0.15, 0.2) is 23.1 Å². The van der Waals surface area contributed by atoms with Crippen molar-refractivity contribution in [2.45, 2.75) is 24.0 Å². The lowest BCUT2D eigenvalue weighted by molar-refractivity contribution is 0.0693. The number of carboxylic acids is 1. The topological polar surface area (TPSA) is 46.5 Å². The molecule has 1 N–H and O–H groups in total. The van der Waals surface area contributed by atoms with Crippen LogP contribution in [0.4, 0.5) is 0 Å². The summed E-state index contributed by atoms with van der Waals surface area (Å²) < 4.78 is 5.14. The van der Waals surface area contributed by atoms with Gasteiger partial charge in [-0.05, 0) is 12.1 Å². The first-order valence-electron chi connectivity index (χ1n) is 4.63. The normalized spacial score (nSPS) is 10.4. The lowest BCUT2D eigenvalue weighted by atomic mass is 10.2. The Morgan fingerprint density at radius 3 is 2.60 bits per heavy atom. The number of thioether (sulfide) groups is 1. The molecule has 0 atom stereocenters. The van der Waals surface area contributed by atoms with Gasteiger partial charge in [-0.2, -0.15) is 0 Å². The van der Waals surface area contributed by atoms with Gasteiger partial charge in [0, 0.05) is 5.25 Å². The number of aromatic carboxylic acids is 1. The monoisotopic (exact) mass is 226 g/mol. The summed E-state index contributed by atoms with van der Waals surface area (Å²) in [5.41, 5.74) is 0.211. The van der Waals surface area contributed by atoms with Crippen molar-refractivity contribution < 1.29 is 14.6 Å². The van der Waals surface area contributed by atoms with E-state index in [9.17, 15) is 4.79 Å². The molecule has 0 aliphatic rings. The van der Waals surface area contributed by atoms with Crippen molar-refractivity contribution in [3.8, 4) is 5.75 Å². The first-order chi connectivity index (χ1) is 7.06. The molecule has 3 nitrogen and oxygen atoms in total. The van der Waals surface area contributed by atoms with E-state index in [0.717, 1.165) is 4.90 Å². The second kappa shape index (κ2) is 5.07. The molecular formula is C11H14O3S. The van der Waals surface area contributed by atoms with Crippen LogP contribution in [0.1, 0.15) is 24.2 Å². The van der Waals surface area contributed by atoms with E-state index in [2.05, 4.69) is 13.8 Å². The molecule has 0 saturated heterocycles. The van der Waals surface area contributed by atoms with Crippen LogP contribution >= 0.6 is 11.8 Å². The van der Waals surface area contributed by atoms with Crippen LogP contribution in [0.25, 0.3) is 0 Å². The lowest BCUT2D eigenvalue weighted by Gasteiger charge is -2.12. The molecule has 0 aliphatic carbocycles. The molecule has 0 fully saturated rings. The fourth-order valence-electron chi connectivity index (χ4n) is 1.24. The highest BCUT2D eigenvalue weighted by Crippen LogP contribution is 2.34. The number of carboxylic acid groups (broad SMARTS) is 1. The van der Waals surface area contributed by atoms with Crippen molar-refractivity contribution in [1.29, 1.82) is 0 Å². The average molecular weight is 226 g/mol. The van der Waals surface area contributed by atoms with Crippen LogP contribution < -0.4 is 4.74 Å². The second-order valence-corrected chi connectivity index (χ2v) is 4.93.